The fourth-order valence-corrected chi connectivity index (χ4v) is 3.64. The minimum Gasteiger partial charge on any atom is -0.504 e. The number of ether oxygens (including phenoxy) is 1. The molecule has 2 aromatic carbocycles. The molecule has 144 valence electrons. The van der Waals surface area contributed by atoms with Gasteiger partial charge in [-0.1, -0.05) is 33.6 Å². The zero-order chi connectivity index (χ0) is 20.6. The van der Waals surface area contributed by atoms with E-state index in [9.17, 15) is 14.7 Å². The second kappa shape index (κ2) is 7.73. The summed E-state index contributed by atoms with van der Waals surface area (Å²) in [7, 11) is 1.42. The largest absolute Gasteiger partial charge is 0.504 e. The van der Waals surface area contributed by atoms with E-state index in [4.69, 9.17) is 17.0 Å². The molecular weight excluding hydrogens is 444 g/mol. The number of anilines is 1. The number of aryl methyl sites for hydroxylation is 2. The molecule has 2 amide bonds. The number of nitrogens with zero attached hydrogens (tertiary/aromatic N) is 1. The summed E-state index contributed by atoms with van der Waals surface area (Å²) < 4.78 is 5.61. The van der Waals surface area contributed by atoms with Gasteiger partial charge in [0.15, 0.2) is 16.6 Å². The normalized spacial score (nSPS) is 15.8. The van der Waals surface area contributed by atoms with Crippen molar-refractivity contribution in [3.05, 3.63) is 57.1 Å². The van der Waals surface area contributed by atoms with Gasteiger partial charge in [0.2, 0.25) is 0 Å². The van der Waals surface area contributed by atoms with Crippen LogP contribution in [-0.4, -0.2) is 29.1 Å². The number of hydrogen-bond donors (Lipinski definition) is 2. The predicted octanol–water partition coefficient (Wildman–Crippen LogP) is 3.61. The van der Waals surface area contributed by atoms with Crippen LogP contribution in [0.5, 0.6) is 11.5 Å². The molecule has 0 aromatic heterocycles. The number of phenolic OH excluding ortho intramolecular Hbond substituents is 1. The number of nitrogens with one attached hydrogen (secondary N) is 1. The maximum atomic E-state index is 13.1. The molecule has 3 rings (SSSR count). The topological polar surface area (TPSA) is 78.9 Å². The first-order chi connectivity index (χ1) is 13.2. The number of hydrogen-bond acceptors (Lipinski definition) is 5. The standard InChI is InChI=1S/C20H17BrN2O4S/c1-10-4-5-15(11(2)6-10)23-19(26)13(18(25)22-20(23)28)7-12-8-17(27-3)16(24)9-14(12)21/h4-9,24H,1-3H3,(H,22,25,28). The first-order valence-electron chi connectivity index (χ1n) is 8.28. The number of benzene rings is 2. The molecular formula is C20H17BrN2O4S. The van der Waals surface area contributed by atoms with Gasteiger partial charge in [-0.2, -0.15) is 0 Å². The molecule has 28 heavy (non-hydrogen) atoms. The van der Waals surface area contributed by atoms with Crippen LogP contribution < -0.4 is 15.0 Å². The molecule has 1 saturated heterocycles. The number of carbonyl (C=O) groups excluding carboxylic acids is 2. The van der Waals surface area contributed by atoms with Crippen LogP contribution in [0.3, 0.4) is 0 Å². The molecule has 0 atom stereocenters. The lowest BCUT2D eigenvalue weighted by atomic mass is 10.0. The highest BCUT2D eigenvalue weighted by molar-refractivity contribution is 9.10. The number of carbonyl (C=O) groups is 2. The van der Waals surface area contributed by atoms with Crippen LogP contribution in [0.25, 0.3) is 6.08 Å². The van der Waals surface area contributed by atoms with Gasteiger partial charge < -0.3 is 9.84 Å². The van der Waals surface area contributed by atoms with Crippen molar-refractivity contribution in [2.24, 2.45) is 0 Å². The summed E-state index contributed by atoms with van der Waals surface area (Å²) in [5, 5.41) is 12.4. The van der Waals surface area contributed by atoms with Gasteiger partial charge in [-0.15, -0.1) is 0 Å². The fraction of sp³-hybridized carbons (Fsp3) is 0.150. The van der Waals surface area contributed by atoms with Crippen molar-refractivity contribution in [1.82, 2.24) is 5.32 Å². The van der Waals surface area contributed by atoms with E-state index >= 15 is 0 Å². The Bertz CT molecular complexity index is 1050. The van der Waals surface area contributed by atoms with Gasteiger partial charge in [0, 0.05) is 4.47 Å². The molecule has 1 aliphatic rings. The van der Waals surface area contributed by atoms with Crippen LogP contribution >= 0.6 is 28.1 Å². The Morgan fingerprint density at radius 1 is 1.21 bits per heavy atom. The Labute approximate surface area is 175 Å². The third kappa shape index (κ3) is 3.65. The van der Waals surface area contributed by atoms with E-state index in [0.29, 0.717) is 15.7 Å². The third-order valence-electron chi connectivity index (χ3n) is 4.29. The van der Waals surface area contributed by atoms with Crippen LogP contribution in [0, 0.1) is 13.8 Å². The average molecular weight is 461 g/mol. The lowest BCUT2D eigenvalue weighted by molar-refractivity contribution is -0.122. The summed E-state index contributed by atoms with van der Waals surface area (Å²) in [4.78, 5) is 26.9. The summed E-state index contributed by atoms with van der Waals surface area (Å²) in [6.45, 7) is 3.83. The first-order valence-corrected chi connectivity index (χ1v) is 9.48. The number of phenols is 1. The molecule has 1 aliphatic heterocycles. The molecule has 8 heteroatoms. The van der Waals surface area contributed by atoms with Crippen LogP contribution in [0.15, 0.2) is 40.4 Å². The second-order valence-corrected chi connectivity index (χ2v) is 7.53. The minimum atomic E-state index is -0.588. The zero-order valence-corrected chi connectivity index (χ0v) is 17.8. The quantitative estimate of drug-likeness (QED) is 0.415. The number of aromatic hydroxyl groups is 1. The highest BCUT2D eigenvalue weighted by Crippen LogP contribution is 2.34. The number of rotatable bonds is 3. The lowest BCUT2D eigenvalue weighted by Gasteiger charge is -2.30. The highest BCUT2D eigenvalue weighted by Gasteiger charge is 2.35. The van der Waals surface area contributed by atoms with E-state index in [1.54, 1.807) is 6.07 Å². The maximum Gasteiger partial charge on any atom is 0.270 e. The number of amides is 2. The molecule has 0 unspecified atom stereocenters. The van der Waals surface area contributed by atoms with Gasteiger partial charge >= 0.3 is 0 Å². The summed E-state index contributed by atoms with van der Waals surface area (Å²) in [6, 6.07) is 8.57. The molecule has 6 nitrogen and oxygen atoms in total. The molecule has 1 heterocycles. The van der Waals surface area contributed by atoms with Crippen LogP contribution in [0.2, 0.25) is 0 Å². The van der Waals surface area contributed by atoms with Crippen molar-refractivity contribution in [3.8, 4) is 11.5 Å². The summed E-state index contributed by atoms with van der Waals surface area (Å²) in [5.74, 6) is -0.955. The number of methoxy groups -OCH3 is 1. The number of halogens is 1. The molecule has 0 spiro atoms. The van der Waals surface area contributed by atoms with Crippen molar-refractivity contribution in [1.29, 1.82) is 0 Å². The van der Waals surface area contributed by atoms with E-state index in [-0.39, 0.29) is 22.2 Å². The minimum absolute atomic E-state index is 0.0291. The molecule has 0 bridgehead atoms. The molecule has 0 aliphatic carbocycles. The first kappa shape index (κ1) is 20.0. The SMILES string of the molecule is COc1cc(C=C2C(=O)NC(=S)N(c3ccc(C)cc3C)C2=O)c(Br)cc1O. The predicted molar refractivity (Wildman–Crippen MR) is 114 cm³/mol. The smallest absolute Gasteiger partial charge is 0.270 e. The maximum absolute atomic E-state index is 13.1. The zero-order valence-electron chi connectivity index (χ0n) is 15.4. The molecule has 2 N–H and O–H groups in total. The van der Waals surface area contributed by atoms with Gasteiger partial charge in [0.25, 0.3) is 11.8 Å². The average Bonchev–Trinajstić information content (AvgIpc) is 2.61. The van der Waals surface area contributed by atoms with Crippen molar-refractivity contribution in [2.75, 3.05) is 12.0 Å². The van der Waals surface area contributed by atoms with E-state index < -0.39 is 11.8 Å². The molecule has 0 radical (unpaired) electrons. The summed E-state index contributed by atoms with van der Waals surface area (Å²) >= 11 is 8.57. The van der Waals surface area contributed by atoms with Gasteiger partial charge in [-0.3, -0.25) is 19.8 Å². The van der Waals surface area contributed by atoms with Crippen LogP contribution in [0.4, 0.5) is 5.69 Å². The molecule has 2 aromatic rings. The van der Waals surface area contributed by atoms with E-state index in [0.717, 1.165) is 11.1 Å². The second-order valence-electron chi connectivity index (χ2n) is 6.29. The van der Waals surface area contributed by atoms with Crippen LogP contribution in [-0.2, 0) is 9.59 Å². The van der Waals surface area contributed by atoms with Gasteiger partial charge in [0.05, 0.1) is 12.8 Å². The highest BCUT2D eigenvalue weighted by atomic mass is 79.9. The van der Waals surface area contributed by atoms with Gasteiger partial charge in [0.1, 0.15) is 5.57 Å². The Kier molecular flexibility index (Phi) is 5.53. The Hall–Kier alpha value is -2.71. The van der Waals surface area contributed by atoms with Crippen molar-refractivity contribution < 1.29 is 19.4 Å². The van der Waals surface area contributed by atoms with E-state index in [2.05, 4.69) is 21.2 Å². The van der Waals surface area contributed by atoms with Gasteiger partial charge in [-0.25, -0.2) is 0 Å². The van der Waals surface area contributed by atoms with Crippen LogP contribution in [0.1, 0.15) is 16.7 Å². The Balaban J connectivity index is 2.09. The van der Waals surface area contributed by atoms with Crippen molar-refractivity contribution in [3.63, 3.8) is 0 Å². The molecule has 0 saturated carbocycles. The van der Waals surface area contributed by atoms with E-state index in [1.807, 2.05) is 26.0 Å². The fourth-order valence-electron chi connectivity index (χ4n) is 2.92. The number of thiocarbonyl (C=S) groups is 1. The summed E-state index contributed by atoms with van der Waals surface area (Å²) in [6.07, 6.45) is 1.43. The Morgan fingerprint density at radius 3 is 2.57 bits per heavy atom. The molecule has 1 fully saturated rings. The Morgan fingerprint density at radius 2 is 1.93 bits per heavy atom. The van der Waals surface area contributed by atoms with Gasteiger partial charge in [-0.05, 0) is 61.5 Å². The van der Waals surface area contributed by atoms with Crippen molar-refractivity contribution in [2.45, 2.75) is 13.8 Å². The monoisotopic (exact) mass is 460 g/mol. The third-order valence-corrected chi connectivity index (χ3v) is 5.26. The van der Waals surface area contributed by atoms with E-state index in [1.165, 1.54) is 30.2 Å². The summed E-state index contributed by atoms with van der Waals surface area (Å²) in [5.41, 5.74) is 2.94. The lowest BCUT2D eigenvalue weighted by Crippen LogP contribution is -2.54. The van der Waals surface area contributed by atoms with Crippen molar-refractivity contribution >= 4 is 56.8 Å².